The van der Waals surface area contributed by atoms with Gasteiger partial charge in [0.2, 0.25) is 0 Å². The maximum Gasteiger partial charge on any atom is 0.628 e. The Morgan fingerprint density at radius 3 is 2.44 bits per heavy atom. The average Bonchev–Trinajstić information content (AvgIpc) is 2.94. The summed E-state index contributed by atoms with van der Waals surface area (Å²) in [5.41, 5.74) is -2.61. The molecule has 0 bridgehead atoms. The van der Waals surface area contributed by atoms with Gasteiger partial charge in [-0.2, -0.15) is 18.0 Å². The minimum Gasteiger partial charge on any atom is -0.404 e. The maximum atomic E-state index is 12.9. The van der Waals surface area contributed by atoms with Crippen molar-refractivity contribution in [2.24, 2.45) is 5.10 Å². The van der Waals surface area contributed by atoms with Gasteiger partial charge >= 0.3 is 12.3 Å². The second-order valence-corrected chi connectivity index (χ2v) is 6.33. The summed E-state index contributed by atoms with van der Waals surface area (Å²) in [5.74, 6) is -0.825. The number of benzene rings is 1. The predicted molar refractivity (Wildman–Crippen MR) is 81.9 cm³/mol. The van der Waals surface area contributed by atoms with Crippen LogP contribution in [0.25, 0.3) is 0 Å². The van der Waals surface area contributed by atoms with Crippen LogP contribution in [0.3, 0.4) is 0 Å². The number of rotatable bonds is 2. The second kappa shape index (κ2) is 6.26. The van der Waals surface area contributed by atoms with Gasteiger partial charge in [-0.1, -0.05) is 0 Å². The van der Waals surface area contributed by atoms with E-state index in [0.717, 1.165) is 16.8 Å². The summed E-state index contributed by atoms with van der Waals surface area (Å²) in [6.07, 6.45) is -3.09. The van der Waals surface area contributed by atoms with E-state index < -0.39 is 40.0 Å². The van der Waals surface area contributed by atoms with Gasteiger partial charge in [0.1, 0.15) is 11.5 Å². The number of nitro benzene ring substituents is 1. The number of hydrazone groups is 1. The first kappa shape index (κ1) is 18.6. The van der Waals surface area contributed by atoms with Crippen LogP contribution in [0.15, 0.2) is 23.3 Å². The van der Waals surface area contributed by atoms with Crippen molar-refractivity contribution in [1.82, 2.24) is 0 Å². The van der Waals surface area contributed by atoms with Crippen molar-refractivity contribution in [3.05, 3.63) is 39.4 Å². The van der Waals surface area contributed by atoms with Gasteiger partial charge < -0.3 is 4.74 Å². The monoisotopic (exact) mass is 358 g/mol. The lowest BCUT2D eigenvalue weighted by atomic mass is 9.98. The molecule has 0 saturated heterocycles. The Labute approximate surface area is 140 Å². The minimum absolute atomic E-state index is 0.00339. The van der Waals surface area contributed by atoms with Crippen LogP contribution in [0.1, 0.15) is 37.8 Å². The van der Waals surface area contributed by atoms with Crippen molar-refractivity contribution < 1.29 is 32.3 Å². The zero-order valence-electron chi connectivity index (χ0n) is 13.6. The van der Waals surface area contributed by atoms with Crippen LogP contribution >= 0.6 is 0 Å². The number of ether oxygens (including phenoxy) is 1. The molecule has 0 radical (unpaired) electrons. The van der Waals surface area contributed by atoms with Crippen molar-refractivity contribution in [2.45, 2.75) is 38.5 Å². The summed E-state index contributed by atoms with van der Waals surface area (Å²) in [6, 6.07) is 2.26. The van der Waals surface area contributed by atoms with Gasteiger partial charge in [0.15, 0.2) is 6.21 Å². The molecule has 1 atom stereocenters. The molecule has 1 unspecified atom stereocenters. The van der Waals surface area contributed by atoms with E-state index in [4.69, 9.17) is 4.74 Å². The fourth-order valence-corrected chi connectivity index (χ4v) is 2.06. The van der Waals surface area contributed by atoms with E-state index in [0.29, 0.717) is 6.07 Å². The molecule has 0 aliphatic carbocycles. The van der Waals surface area contributed by atoms with Gasteiger partial charge in [0, 0.05) is 21.9 Å². The Morgan fingerprint density at radius 1 is 1.28 bits per heavy atom. The summed E-state index contributed by atoms with van der Waals surface area (Å²) in [4.78, 5) is 21.9. The van der Waals surface area contributed by atoms with Crippen LogP contribution in [0.5, 0.6) is 0 Å². The lowest BCUT2D eigenvalue weighted by molar-refractivity contribution is -0.447. The molecule has 0 N–H and O–H groups in total. The number of amides is 1. The Bertz CT molecular complexity index is 779. The molecule has 0 aromatic heterocycles. The van der Waals surface area contributed by atoms with E-state index in [-0.39, 0.29) is 5.56 Å². The first-order chi connectivity index (χ1) is 11.4. The molecule has 1 aromatic rings. The Balaban J connectivity index is 2.37. The van der Waals surface area contributed by atoms with Gasteiger partial charge in [-0.3, -0.25) is 10.1 Å². The highest BCUT2D eigenvalue weighted by molar-refractivity contribution is 5.92. The van der Waals surface area contributed by atoms with Gasteiger partial charge in [-0.05, 0) is 32.4 Å². The van der Waals surface area contributed by atoms with E-state index in [1.54, 1.807) is 20.8 Å². The molecule has 134 valence electrons. The van der Waals surface area contributed by atoms with E-state index >= 15 is 0 Å². The van der Waals surface area contributed by atoms with Gasteiger partial charge in [0.25, 0.3) is 5.69 Å². The fraction of sp³-hybridized carbons (Fsp3) is 0.400. The van der Waals surface area contributed by atoms with E-state index in [9.17, 15) is 28.1 Å². The number of alkyl halides is 3. The van der Waals surface area contributed by atoms with Crippen LogP contribution in [0.4, 0.5) is 23.7 Å². The molecule has 1 aromatic carbocycles. The van der Waals surface area contributed by atoms with E-state index in [2.05, 4.69) is 5.10 Å². The summed E-state index contributed by atoms with van der Waals surface area (Å²) in [6.45, 7) is 4.95. The third-order valence-corrected chi connectivity index (χ3v) is 3.10. The molecule has 1 amide bonds. The molecular weight excluding hydrogens is 343 g/mol. The lowest BCUT2D eigenvalue weighted by Crippen LogP contribution is -2.28. The van der Waals surface area contributed by atoms with Crippen LogP contribution in [0, 0.1) is 10.1 Å². The quantitative estimate of drug-likeness (QED) is 0.458. The first-order valence-electron chi connectivity index (χ1n) is 7.15. The number of nitrogens with zero attached hydrogens (tertiary/aromatic N) is 3. The summed E-state index contributed by atoms with van der Waals surface area (Å²) < 4.78 is 44.8. The zero-order chi connectivity index (χ0) is 19.0. The van der Waals surface area contributed by atoms with Crippen molar-refractivity contribution in [1.29, 1.82) is 0 Å². The summed E-state index contributed by atoms with van der Waals surface area (Å²) in [7, 11) is 0. The number of carbonyl (C=O) groups is 1. The Morgan fingerprint density at radius 2 is 1.92 bits per heavy atom. The minimum atomic E-state index is -4.73. The van der Waals surface area contributed by atoms with Crippen molar-refractivity contribution in [2.75, 3.05) is 0 Å². The van der Waals surface area contributed by atoms with E-state index in [1.807, 2.05) is 0 Å². The predicted octanol–water partition coefficient (Wildman–Crippen LogP) is 3.72. The molecule has 1 aliphatic rings. The highest BCUT2D eigenvalue weighted by Gasteiger charge is 2.36. The van der Waals surface area contributed by atoms with E-state index in [1.165, 1.54) is 12.4 Å². The third-order valence-electron chi connectivity index (χ3n) is 3.10. The second-order valence-electron chi connectivity index (χ2n) is 6.33. The Hall–Kier alpha value is -2.78. The maximum absolute atomic E-state index is 12.9. The van der Waals surface area contributed by atoms with Crippen molar-refractivity contribution >= 4 is 24.2 Å². The molecule has 1 heterocycles. The molecule has 2 rings (SSSR count). The number of halogens is 3. The molecule has 0 fully saturated rings. The largest absolute Gasteiger partial charge is 0.628 e. The number of hydrogen-bond donors (Lipinski definition) is 0. The number of carbonyl (C=O) groups excluding carboxylic acids is 1. The molecule has 0 saturated carbocycles. The number of nitro groups is 1. The SMILES string of the molecule is CC(C)(C)OC(=O)[N+]1=CC(c2cc([N+](=O)[O-])cc(C(F)(F)F)c2)C=N1. The first-order valence-corrected chi connectivity index (χ1v) is 7.15. The normalized spacial score (nSPS) is 17.4. The number of hydrogen-bond acceptors (Lipinski definition) is 5. The highest BCUT2D eigenvalue weighted by atomic mass is 19.4. The zero-order valence-corrected chi connectivity index (χ0v) is 13.6. The fourth-order valence-electron chi connectivity index (χ4n) is 2.06. The number of non-ortho nitro benzene ring substituents is 1. The molecular formula is C15H15F3N3O4+. The molecule has 1 aliphatic heterocycles. The Kier molecular flexibility index (Phi) is 4.65. The van der Waals surface area contributed by atoms with Crippen LogP contribution in [0.2, 0.25) is 0 Å². The standard InChI is InChI=1S/C15H15F3N3O4/c1-14(2,3)25-13(22)20-8-10(7-19-20)9-4-11(15(16,17)18)6-12(5-9)21(23)24/h4-8,10H,1-3H3/q+1. The van der Waals surface area contributed by atoms with Gasteiger partial charge in [0.05, 0.1) is 16.7 Å². The topological polar surface area (TPSA) is 84.8 Å². The van der Waals surface area contributed by atoms with Crippen molar-refractivity contribution in [3.8, 4) is 0 Å². The molecule has 10 heteroatoms. The van der Waals surface area contributed by atoms with Crippen molar-refractivity contribution in [3.63, 3.8) is 0 Å². The third kappa shape index (κ3) is 4.61. The molecule has 0 spiro atoms. The molecule has 7 nitrogen and oxygen atoms in total. The summed E-state index contributed by atoms with van der Waals surface area (Å²) >= 11 is 0. The average molecular weight is 358 g/mol. The lowest BCUT2D eigenvalue weighted by Gasteiger charge is -2.14. The van der Waals surface area contributed by atoms with Crippen LogP contribution < -0.4 is 0 Å². The van der Waals surface area contributed by atoms with Gasteiger partial charge in [-0.15, -0.1) is 0 Å². The molecule has 25 heavy (non-hydrogen) atoms. The smallest absolute Gasteiger partial charge is 0.404 e. The van der Waals surface area contributed by atoms with Gasteiger partial charge in [-0.25, -0.2) is 0 Å². The van der Waals surface area contributed by atoms with Crippen LogP contribution in [-0.2, 0) is 10.9 Å². The van der Waals surface area contributed by atoms with Crippen LogP contribution in [-0.4, -0.2) is 33.7 Å². The summed E-state index contributed by atoms with van der Waals surface area (Å²) in [5, 5.41) is 14.7. The highest BCUT2D eigenvalue weighted by Crippen LogP contribution is 2.34.